The first-order valence-corrected chi connectivity index (χ1v) is 10.5. The van der Waals surface area contributed by atoms with E-state index in [4.69, 9.17) is 0 Å². The molecule has 3 aromatic rings. The van der Waals surface area contributed by atoms with Gasteiger partial charge in [0.15, 0.2) is 0 Å². The van der Waals surface area contributed by atoms with Gasteiger partial charge in [-0.3, -0.25) is 4.31 Å². The Hall–Kier alpha value is -2.11. The van der Waals surface area contributed by atoms with E-state index < -0.39 is 10.0 Å². The van der Waals surface area contributed by atoms with Gasteiger partial charge in [-0.15, -0.1) is 0 Å². The fourth-order valence-electron chi connectivity index (χ4n) is 2.96. The summed E-state index contributed by atoms with van der Waals surface area (Å²) in [6.07, 6.45) is 0. The highest BCUT2D eigenvalue weighted by Gasteiger charge is 2.27. The van der Waals surface area contributed by atoms with Gasteiger partial charge in [0.25, 0.3) is 10.0 Å². The normalized spacial score (nSPS) is 11.3. The zero-order valence-corrected chi connectivity index (χ0v) is 17.1. The predicted molar refractivity (Wildman–Crippen MR) is 110 cm³/mol. The van der Waals surface area contributed by atoms with Crippen molar-refractivity contribution in [2.75, 3.05) is 4.31 Å². The predicted octanol–water partition coefficient (Wildman–Crippen LogP) is 5.46. The number of hydrogen-bond acceptors (Lipinski definition) is 2. The molecule has 0 N–H and O–H groups in total. The Morgan fingerprint density at radius 2 is 1.38 bits per heavy atom. The lowest BCUT2D eigenvalue weighted by molar-refractivity contribution is 0.590. The van der Waals surface area contributed by atoms with Gasteiger partial charge in [0, 0.05) is 4.47 Å². The second-order valence-corrected chi connectivity index (χ2v) is 8.97. The van der Waals surface area contributed by atoms with Crippen LogP contribution >= 0.6 is 15.9 Å². The summed E-state index contributed by atoms with van der Waals surface area (Å²) in [7, 11) is -3.69. The SMILES string of the molecule is Cc1cccc(C)c1N(Cc1ccc(Br)cc1)S(=O)(=O)c1ccccc1. The smallest absolute Gasteiger partial charge is 0.261 e. The van der Waals surface area contributed by atoms with Crippen molar-refractivity contribution < 1.29 is 8.42 Å². The van der Waals surface area contributed by atoms with E-state index in [1.165, 1.54) is 4.31 Å². The van der Waals surface area contributed by atoms with E-state index in [1.54, 1.807) is 24.3 Å². The average molecular weight is 430 g/mol. The van der Waals surface area contributed by atoms with Crippen molar-refractivity contribution in [1.29, 1.82) is 0 Å². The van der Waals surface area contributed by atoms with Crippen LogP contribution in [-0.2, 0) is 16.6 Å². The number of hydrogen-bond donors (Lipinski definition) is 0. The molecule has 26 heavy (non-hydrogen) atoms. The van der Waals surface area contributed by atoms with Crippen molar-refractivity contribution in [2.45, 2.75) is 25.3 Å². The van der Waals surface area contributed by atoms with E-state index in [0.29, 0.717) is 4.90 Å². The first-order valence-electron chi connectivity index (χ1n) is 8.28. The summed E-state index contributed by atoms with van der Waals surface area (Å²) in [5, 5.41) is 0. The van der Waals surface area contributed by atoms with Crippen LogP contribution in [0.25, 0.3) is 0 Å². The van der Waals surface area contributed by atoms with Crippen LogP contribution in [-0.4, -0.2) is 8.42 Å². The molecule has 0 radical (unpaired) electrons. The zero-order valence-electron chi connectivity index (χ0n) is 14.7. The largest absolute Gasteiger partial charge is 0.264 e. The maximum Gasteiger partial charge on any atom is 0.264 e. The van der Waals surface area contributed by atoms with Crippen LogP contribution in [0.3, 0.4) is 0 Å². The molecular weight excluding hydrogens is 410 g/mol. The van der Waals surface area contributed by atoms with E-state index in [-0.39, 0.29) is 6.54 Å². The highest BCUT2D eigenvalue weighted by atomic mass is 79.9. The van der Waals surface area contributed by atoms with E-state index in [1.807, 2.05) is 62.4 Å². The molecule has 3 nitrogen and oxygen atoms in total. The Morgan fingerprint density at radius 1 is 0.808 bits per heavy atom. The Balaban J connectivity index is 2.15. The second-order valence-electron chi connectivity index (χ2n) is 6.19. The van der Waals surface area contributed by atoms with Gasteiger partial charge in [-0.25, -0.2) is 8.42 Å². The number of rotatable bonds is 5. The Labute approximate surface area is 163 Å². The molecule has 0 saturated heterocycles. The van der Waals surface area contributed by atoms with Crippen LogP contribution in [0, 0.1) is 13.8 Å². The van der Waals surface area contributed by atoms with Crippen molar-refractivity contribution >= 4 is 31.6 Å². The quantitative estimate of drug-likeness (QED) is 0.539. The monoisotopic (exact) mass is 429 g/mol. The van der Waals surface area contributed by atoms with Gasteiger partial charge in [0.05, 0.1) is 17.1 Å². The van der Waals surface area contributed by atoms with Crippen LogP contribution in [0.4, 0.5) is 5.69 Å². The van der Waals surface area contributed by atoms with Crippen LogP contribution < -0.4 is 4.31 Å². The molecule has 0 fully saturated rings. The van der Waals surface area contributed by atoms with Gasteiger partial charge in [0.1, 0.15) is 0 Å². The van der Waals surface area contributed by atoms with Gasteiger partial charge >= 0.3 is 0 Å². The first kappa shape index (κ1) is 18.7. The third-order valence-corrected chi connectivity index (χ3v) is 6.55. The minimum atomic E-state index is -3.69. The minimum absolute atomic E-state index is 0.274. The molecule has 0 aliphatic carbocycles. The molecular formula is C21H20BrNO2S. The lowest BCUT2D eigenvalue weighted by atomic mass is 10.1. The number of halogens is 1. The Bertz CT molecular complexity index is 980. The number of benzene rings is 3. The minimum Gasteiger partial charge on any atom is -0.261 e. The highest BCUT2D eigenvalue weighted by molar-refractivity contribution is 9.10. The fraction of sp³-hybridized carbons (Fsp3) is 0.143. The molecule has 0 aliphatic rings. The zero-order chi connectivity index (χ0) is 18.7. The summed E-state index contributed by atoms with van der Waals surface area (Å²) in [5.41, 5.74) is 3.53. The van der Waals surface area contributed by atoms with Crippen LogP contribution in [0.1, 0.15) is 16.7 Å². The summed E-state index contributed by atoms with van der Waals surface area (Å²) in [6, 6.07) is 22.1. The van der Waals surface area contributed by atoms with Gasteiger partial charge < -0.3 is 0 Å². The molecule has 134 valence electrons. The van der Waals surface area contributed by atoms with Crippen molar-refractivity contribution in [1.82, 2.24) is 0 Å². The molecule has 0 atom stereocenters. The summed E-state index contributed by atoms with van der Waals surface area (Å²) in [4.78, 5) is 0.291. The number of sulfonamides is 1. The lowest BCUT2D eigenvalue weighted by Gasteiger charge is -2.28. The molecule has 0 amide bonds. The molecule has 0 aromatic heterocycles. The molecule has 3 rings (SSSR count). The number of aryl methyl sites for hydroxylation is 2. The lowest BCUT2D eigenvalue weighted by Crippen LogP contribution is -2.31. The van der Waals surface area contributed by atoms with E-state index in [2.05, 4.69) is 15.9 Å². The van der Waals surface area contributed by atoms with Crippen molar-refractivity contribution in [3.63, 3.8) is 0 Å². The standard InChI is InChI=1S/C21H20BrNO2S/c1-16-7-6-8-17(2)21(16)23(15-18-11-13-19(22)14-12-18)26(24,25)20-9-4-3-5-10-20/h3-14H,15H2,1-2H3. The molecule has 0 spiro atoms. The topological polar surface area (TPSA) is 37.4 Å². The maximum absolute atomic E-state index is 13.4. The summed E-state index contributed by atoms with van der Waals surface area (Å²) >= 11 is 3.42. The summed E-state index contributed by atoms with van der Waals surface area (Å²) in [5.74, 6) is 0. The number of anilines is 1. The Morgan fingerprint density at radius 3 is 1.96 bits per heavy atom. The molecule has 0 bridgehead atoms. The van der Waals surface area contributed by atoms with Gasteiger partial charge in [-0.05, 0) is 54.8 Å². The Kier molecular flexibility index (Phi) is 5.49. The van der Waals surface area contributed by atoms with Gasteiger partial charge in [-0.2, -0.15) is 0 Å². The molecule has 3 aromatic carbocycles. The highest BCUT2D eigenvalue weighted by Crippen LogP contribution is 2.31. The van der Waals surface area contributed by atoms with Crippen LogP contribution in [0.5, 0.6) is 0 Å². The fourth-order valence-corrected chi connectivity index (χ4v) is 4.83. The van der Waals surface area contributed by atoms with E-state index >= 15 is 0 Å². The van der Waals surface area contributed by atoms with Crippen LogP contribution in [0.15, 0.2) is 82.2 Å². The average Bonchev–Trinajstić information content (AvgIpc) is 2.63. The maximum atomic E-state index is 13.4. The molecule has 0 aliphatic heterocycles. The summed E-state index contributed by atoms with van der Waals surface area (Å²) in [6.45, 7) is 4.16. The molecule has 0 unspecified atom stereocenters. The van der Waals surface area contributed by atoms with E-state index in [0.717, 1.165) is 26.9 Å². The summed E-state index contributed by atoms with van der Waals surface area (Å²) < 4.78 is 29.3. The number of para-hydroxylation sites is 1. The number of nitrogens with zero attached hydrogens (tertiary/aromatic N) is 1. The third-order valence-electron chi connectivity index (χ3n) is 4.26. The van der Waals surface area contributed by atoms with Crippen LogP contribution in [0.2, 0.25) is 0 Å². The molecule has 0 saturated carbocycles. The molecule has 5 heteroatoms. The molecule has 0 heterocycles. The van der Waals surface area contributed by atoms with Gasteiger partial charge in [-0.1, -0.05) is 64.5 Å². The first-order chi connectivity index (χ1) is 12.4. The third kappa shape index (κ3) is 3.84. The van der Waals surface area contributed by atoms with Crippen molar-refractivity contribution in [2.24, 2.45) is 0 Å². The van der Waals surface area contributed by atoms with Crippen molar-refractivity contribution in [3.05, 3.63) is 94.0 Å². The van der Waals surface area contributed by atoms with Gasteiger partial charge in [0.2, 0.25) is 0 Å². The second kappa shape index (κ2) is 7.64. The van der Waals surface area contributed by atoms with Crippen molar-refractivity contribution in [3.8, 4) is 0 Å². The van der Waals surface area contributed by atoms with E-state index in [9.17, 15) is 8.42 Å².